The van der Waals surface area contributed by atoms with E-state index in [4.69, 9.17) is 12.2 Å². The van der Waals surface area contributed by atoms with Crippen LogP contribution in [-0.2, 0) is 9.59 Å². The number of hydrogen-bond donors (Lipinski definition) is 1. The van der Waals surface area contributed by atoms with Crippen LogP contribution in [0.25, 0.3) is 6.08 Å². The summed E-state index contributed by atoms with van der Waals surface area (Å²) in [6, 6.07) is 2.60. The molecule has 1 aromatic rings. The van der Waals surface area contributed by atoms with Gasteiger partial charge in [-0.2, -0.15) is 0 Å². The van der Waals surface area contributed by atoms with Gasteiger partial charge in [0.15, 0.2) is 5.11 Å². The second-order valence-corrected chi connectivity index (χ2v) is 6.18. The summed E-state index contributed by atoms with van der Waals surface area (Å²) in [5.41, 5.74) is 3.33. The van der Waals surface area contributed by atoms with E-state index in [-0.39, 0.29) is 16.6 Å². The number of likely N-dealkylation sites (N-methyl/N-ethyl adjacent to an activating group) is 1. The molecule has 6 heteroatoms. The quantitative estimate of drug-likeness (QED) is 0.528. The first kappa shape index (κ1) is 15.0. The zero-order chi connectivity index (χ0) is 16.0. The molecule has 2 aliphatic rings. The first-order valence-electron chi connectivity index (χ1n) is 7.51. The van der Waals surface area contributed by atoms with Crippen molar-refractivity contribution < 1.29 is 9.59 Å². The predicted molar refractivity (Wildman–Crippen MR) is 88.3 cm³/mol. The Balaban J connectivity index is 2.00. The normalized spacial score (nSPS) is 20.8. The van der Waals surface area contributed by atoms with E-state index < -0.39 is 5.91 Å². The summed E-state index contributed by atoms with van der Waals surface area (Å²) in [6.45, 7) is 6.36. The topological polar surface area (TPSA) is 54.3 Å². The highest BCUT2D eigenvalue weighted by molar-refractivity contribution is 7.80. The minimum Gasteiger partial charge on any atom is -0.346 e. The third kappa shape index (κ3) is 2.37. The maximum atomic E-state index is 12.4. The predicted octanol–water partition coefficient (Wildman–Crippen LogP) is 2.09. The van der Waals surface area contributed by atoms with Gasteiger partial charge in [0.1, 0.15) is 5.57 Å². The largest absolute Gasteiger partial charge is 0.346 e. The first-order chi connectivity index (χ1) is 10.4. The van der Waals surface area contributed by atoms with Crippen LogP contribution in [0, 0.1) is 13.8 Å². The number of carbonyl (C=O) groups excluding carboxylic acids is 2. The van der Waals surface area contributed by atoms with Gasteiger partial charge in [0.05, 0.1) is 0 Å². The van der Waals surface area contributed by atoms with Crippen molar-refractivity contribution in [1.29, 1.82) is 0 Å². The van der Waals surface area contributed by atoms with Crippen LogP contribution < -0.4 is 5.32 Å². The highest BCUT2D eigenvalue weighted by Gasteiger charge is 2.33. The van der Waals surface area contributed by atoms with E-state index in [0.717, 1.165) is 11.3 Å². The van der Waals surface area contributed by atoms with Gasteiger partial charge in [0, 0.05) is 24.0 Å². The number of amides is 2. The molecule has 2 heterocycles. The van der Waals surface area contributed by atoms with Crippen LogP contribution in [0.5, 0.6) is 0 Å². The zero-order valence-electron chi connectivity index (χ0n) is 13.0. The number of hydrogen-bond acceptors (Lipinski definition) is 3. The number of rotatable bonds is 3. The molecule has 116 valence electrons. The average molecular weight is 317 g/mol. The Bertz CT molecular complexity index is 713. The molecule has 0 atom stereocenters. The van der Waals surface area contributed by atoms with Crippen LogP contribution in [0.3, 0.4) is 0 Å². The van der Waals surface area contributed by atoms with Crippen molar-refractivity contribution in [1.82, 2.24) is 14.8 Å². The molecule has 1 saturated heterocycles. The van der Waals surface area contributed by atoms with Gasteiger partial charge >= 0.3 is 0 Å². The maximum absolute atomic E-state index is 12.4. The second kappa shape index (κ2) is 5.35. The number of nitrogens with one attached hydrogen (secondary N) is 1. The molecular weight excluding hydrogens is 298 g/mol. The van der Waals surface area contributed by atoms with E-state index in [1.54, 1.807) is 6.08 Å². The van der Waals surface area contributed by atoms with Crippen molar-refractivity contribution in [3.8, 4) is 0 Å². The first-order valence-corrected chi connectivity index (χ1v) is 7.92. The lowest BCUT2D eigenvalue weighted by Gasteiger charge is -2.27. The Hall–Kier alpha value is -1.95. The van der Waals surface area contributed by atoms with Crippen LogP contribution in [0.2, 0.25) is 0 Å². The third-order valence-electron chi connectivity index (χ3n) is 4.24. The van der Waals surface area contributed by atoms with Crippen molar-refractivity contribution >= 4 is 35.2 Å². The molecule has 0 spiro atoms. The van der Waals surface area contributed by atoms with Crippen molar-refractivity contribution in [2.24, 2.45) is 0 Å². The smallest absolute Gasteiger partial charge is 0.265 e. The summed E-state index contributed by atoms with van der Waals surface area (Å²) in [4.78, 5) is 25.9. The fourth-order valence-electron chi connectivity index (χ4n) is 2.98. The molecular formula is C16H19N3O2S. The highest BCUT2D eigenvalue weighted by atomic mass is 32.1. The summed E-state index contributed by atoms with van der Waals surface area (Å²) in [7, 11) is 0. The van der Waals surface area contributed by atoms with E-state index in [1.165, 1.54) is 23.4 Å². The van der Waals surface area contributed by atoms with Crippen LogP contribution >= 0.6 is 12.2 Å². The lowest BCUT2D eigenvalue weighted by atomic mass is 10.1. The molecule has 1 saturated carbocycles. The van der Waals surface area contributed by atoms with E-state index in [2.05, 4.69) is 16.8 Å². The molecule has 1 aliphatic heterocycles. The van der Waals surface area contributed by atoms with Crippen LogP contribution in [0.4, 0.5) is 0 Å². The molecule has 22 heavy (non-hydrogen) atoms. The lowest BCUT2D eigenvalue weighted by molar-refractivity contribution is -0.128. The van der Waals surface area contributed by atoms with E-state index in [1.807, 2.05) is 19.9 Å². The summed E-state index contributed by atoms with van der Waals surface area (Å²) in [5, 5.41) is 2.76. The number of aromatic nitrogens is 1. The Morgan fingerprint density at radius 1 is 1.36 bits per heavy atom. The van der Waals surface area contributed by atoms with Gasteiger partial charge in [-0.1, -0.05) is 0 Å². The zero-order valence-corrected chi connectivity index (χ0v) is 13.8. The Morgan fingerprint density at radius 2 is 2.05 bits per heavy atom. The Kier molecular flexibility index (Phi) is 3.64. The maximum Gasteiger partial charge on any atom is 0.265 e. The van der Waals surface area contributed by atoms with Gasteiger partial charge in [0.2, 0.25) is 0 Å². The summed E-state index contributed by atoms with van der Waals surface area (Å²) in [6.07, 6.45) is 4.08. The fourth-order valence-corrected chi connectivity index (χ4v) is 3.28. The van der Waals surface area contributed by atoms with Crippen LogP contribution in [0.1, 0.15) is 42.8 Å². The standard InChI is InChI=1S/C16H19N3O2S/c1-4-18-15(21)13(14(20)17-16(18)22)8-11-7-9(2)19(10(11)3)12-5-6-12/h7-8,12H,4-6H2,1-3H3,(H,17,20,22)/b13-8+. The molecule has 1 aromatic heterocycles. The SMILES string of the molecule is CCN1C(=O)/C(=C/c2cc(C)n(C3CC3)c2C)C(=O)NC1=S. The molecule has 5 nitrogen and oxygen atoms in total. The molecule has 0 bridgehead atoms. The van der Waals surface area contributed by atoms with E-state index in [9.17, 15) is 9.59 Å². The highest BCUT2D eigenvalue weighted by Crippen LogP contribution is 2.38. The molecule has 3 rings (SSSR count). The average Bonchev–Trinajstić information content (AvgIpc) is 3.23. The minimum atomic E-state index is -0.420. The molecule has 0 aromatic carbocycles. The lowest BCUT2D eigenvalue weighted by Crippen LogP contribution is -2.53. The van der Waals surface area contributed by atoms with Crippen molar-refractivity contribution in [3.05, 3.63) is 28.6 Å². The fraction of sp³-hybridized carbons (Fsp3) is 0.438. The molecule has 2 fully saturated rings. The Morgan fingerprint density at radius 3 is 2.64 bits per heavy atom. The number of aryl methyl sites for hydroxylation is 1. The van der Waals surface area contributed by atoms with Crippen molar-refractivity contribution in [2.75, 3.05) is 6.54 Å². The number of nitrogens with zero attached hydrogens (tertiary/aromatic N) is 2. The molecule has 0 unspecified atom stereocenters. The van der Waals surface area contributed by atoms with Crippen LogP contribution in [-0.4, -0.2) is 32.9 Å². The minimum absolute atomic E-state index is 0.145. The van der Waals surface area contributed by atoms with E-state index >= 15 is 0 Å². The molecule has 1 aliphatic carbocycles. The number of carbonyl (C=O) groups is 2. The van der Waals surface area contributed by atoms with Crippen LogP contribution in [0.15, 0.2) is 11.6 Å². The van der Waals surface area contributed by atoms with Gasteiger partial charge in [-0.25, -0.2) is 0 Å². The second-order valence-electron chi connectivity index (χ2n) is 5.79. The van der Waals surface area contributed by atoms with Crippen molar-refractivity contribution in [3.63, 3.8) is 0 Å². The van der Waals surface area contributed by atoms with Crippen molar-refractivity contribution in [2.45, 2.75) is 39.7 Å². The Labute approximate surface area is 135 Å². The summed E-state index contributed by atoms with van der Waals surface area (Å²) >= 11 is 5.03. The van der Waals surface area contributed by atoms with Gasteiger partial charge in [-0.15, -0.1) is 0 Å². The third-order valence-corrected chi connectivity index (χ3v) is 4.56. The van der Waals surface area contributed by atoms with E-state index in [0.29, 0.717) is 12.6 Å². The van der Waals surface area contributed by atoms with Gasteiger partial charge in [-0.05, 0) is 63.5 Å². The molecule has 2 amide bonds. The van der Waals surface area contributed by atoms with Gasteiger partial charge in [0.25, 0.3) is 11.8 Å². The monoisotopic (exact) mass is 317 g/mol. The van der Waals surface area contributed by atoms with Gasteiger partial charge in [-0.3, -0.25) is 19.8 Å². The molecule has 0 radical (unpaired) electrons. The molecule has 1 N–H and O–H groups in total. The summed E-state index contributed by atoms with van der Waals surface area (Å²) in [5.74, 6) is -0.747. The summed E-state index contributed by atoms with van der Waals surface area (Å²) < 4.78 is 2.29. The number of thiocarbonyl (C=S) groups is 1. The van der Waals surface area contributed by atoms with Gasteiger partial charge < -0.3 is 4.57 Å².